The average Bonchev–Trinajstić information content (AvgIpc) is 3.01. The van der Waals surface area contributed by atoms with Crippen LogP contribution in [0.2, 0.25) is 0 Å². The molecule has 0 heterocycles. The number of carbonyl (C=O) groups is 7. The third kappa shape index (κ3) is 23.3. The fourth-order valence-corrected chi connectivity index (χ4v) is 8.51. The van der Waals surface area contributed by atoms with Crippen LogP contribution in [0.5, 0.6) is 0 Å². The quantitative estimate of drug-likeness (QED) is 0.0736. The fraction of sp³-hybridized carbons (Fsp3) is 0.788. The third-order valence-corrected chi connectivity index (χ3v) is 12.7. The van der Waals surface area contributed by atoms with Crippen LogP contribution in [0.1, 0.15) is 106 Å². The van der Waals surface area contributed by atoms with Crippen LogP contribution in [0.25, 0.3) is 0 Å². The molecular formula is C33H53B9O9P2S. The third-order valence-electron chi connectivity index (χ3n) is 8.27. The number of carbonyl (C=O) groups excluding carboxylic acids is 7. The summed E-state index contributed by atoms with van der Waals surface area (Å²) in [6.45, 7) is 13.9. The predicted octanol–water partition coefficient (Wildman–Crippen LogP) is 3.19. The first kappa shape index (κ1) is 53.1. The Labute approximate surface area is 336 Å². The Bertz CT molecular complexity index is 1420. The summed E-state index contributed by atoms with van der Waals surface area (Å²) in [5.74, 6) is -6.18. The number of hydrogen-bond acceptors (Lipinski definition) is 9. The molecule has 0 N–H and O–H groups in total. The summed E-state index contributed by atoms with van der Waals surface area (Å²) in [5.41, 5.74) is -1.52. The Morgan fingerprint density at radius 1 is 0.630 bits per heavy atom. The minimum atomic E-state index is -2.44. The molecule has 282 valence electrons. The van der Waals surface area contributed by atoms with Crippen LogP contribution >= 0.6 is 24.3 Å². The Hall–Kier alpha value is -0.916. The van der Waals surface area contributed by atoms with Crippen molar-refractivity contribution in [1.82, 2.24) is 0 Å². The maximum atomic E-state index is 13.8. The van der Waals surface area contributed by atoms with Crippen LogP contribution in [0.4, 0.5) is 0 Å². The molecule has 0 spiro atoms. The molecule has 0 amide bonds. The van der Waals surface area contributed by atoms with Gasteiger partial charge in [-0.15, -0.1) is 0 Å². The van der Waals surface area contributed by atoms with Crippen molar-refractivity contribution in [2.24, 2.45) is 17.8 Å². The molecule has 0 aliphatic heterocycles. The van der Waals surface area contributed by atoms with E-state index in [0.717, 1.165) is 0 Å². The van der Waals surface area contributed by atoms with E-state index in [1.54, 1.807) is 54.9 Å². The van der Waals surface area contributed by atoms with Crippen molar-refractivity contribution >= 4 is 129 Å². The molecule has 21 heteroatoms. The van der Waals surface area contributed by atoms with E-state index in [0.29, 0.717) is 0 Å². The van der Waals surface area contributed by atoms with E-state index in [9.17, 15) is 33.6 Å². The molecular weight excluding hydrogens is 732 g/mol. The summed E-state index contributed by atoms with van der Waals surface area (Å²) < 4.78 is 11.0. The van der Waals surface area contributed by atoms with Crippen molar-refractivity contribution in [3.05, 3.63) is 0 Å². The van der Waals surface area contributed by atoms with Gasteiger partial charge in [-0.25, -0.2) is 0 Å². The zero-order valence-electron chi connectivity index (χ0n) is 33.6. The molecule has 0 aliphatic rings. The molecule has 0 aliphatic carbocycles. The van der Waals surface area contributed by atoms with Crippen LogP contribution < -0.4 is 0 Å². The predicted molar refractivity (Wildman–Crippen MR) is 233 cm³/mol. The van der Waals surface area contributed by atoms with Gasteiger partial charge in [-0.3, -0.25) is 9.59 Å². The first-order chi connectivity index (χ1) is 24.7. The van der Waals surface area contributed by atoms with E-state index in [1.807, 2.05) is 0 Å². The van der Waals surface area contributed by atoms with Crippen molar-refractivity contribution in [2.45, 2.75) is 117 Å². The number of Topliss-reactive ketones (excluding diaryl/α,β-unsaturated/α-hetero) is 5. The molecule has 0 fully saturated rings. The maximum absolute atomic E-state index is 13.8. The Balaban J connectivity index is 6.14. The Morgan fingerprint density at radius 3 is 1.44 bits per heavy atom. The summed E-state index contributed by atoms with van der Waals surface area (Å²) in [5, 5.41) is 0. The van der Waals surface area contributed by atoms with Gasteiger partial charge >= 0.3 is 234 Å². The normalized spacial score (nSPS) is 14.6. The average molecular weight is 785 g/mol. The summed E-state index contributed by atoms with van der Waals surface area (Å²) in [7, 11) is 30.9. The van der Waals surface area contributed by atoms with Crippen LogP contribution in [0, 0.1) is 17.8 Å². The zero-order chi connectivity index (χ0) is 42.0. The molecule has 0 saturated heterocycles. The number of ketones is 5. The van der Waals surface area contributed by atoms with E-state index in [1.165, 1.54) is 12.1 Å². The molecule has 0 aromatic heterocycles. The van der Waals surface area contributed by atoms with Crippen molar-refractivity contribution in [3.8, 4) is 0 Å². The number of esters is 2. The van der Waals surface area contributed by atoms with Gasteiger partial charge in [0.2, 0.25) is 0 Å². The molecule has 0 aromatic carbocycles. The van der Waals surface area contributed by atoms with Gasteiger partial charge in [0.25, 0.3) is 0 Å². The molecule has 5 unspecified atom stereocenters. The molecule has 12 radical (unpaired) electrons. The van der Waals surface area contributed by atoms with E-state index < -0.39 is 76.8 Å². The zero-order valence-corrected chi connectivity index (χ0v) is 36.2. The summed E-state index contributed by atoms with van der Waals surface area (Å²) in [6, 6.07) is 2.42. The standard InChI is InChI=1S/C33H53B9O9P2S/c1-32(2,3)50-30(48)16-12-22(31(49)51-33(4,5)6)9-13-25(43)18-24(29(47)21-54(40-34,41-35)42(36)37)10-14-26(44)17-23(28(46)20-53(8)39)11-15-27(45)19-52(7)38/h22-24H,9-21H2,1-8H3. The van der Waals surface area contributed by atoms with Crippen LogP contribution in [-0.4, -0.2) is 147 Å². The molecule has 0 rings (SSSR count). The minimum absolute atomic E-state index is 0.0213. The number of rotatable bonds is 26. The van der Waals surface area contributed by atoms with Crippen molar-refractivity contribution in [2.75, 3.05) is 31.4 Å². The second kappa shape index (κ2) is 25.4. The number of hydrogen-bond donors (Lipinski definition) is 0. The molecule has 0 saturated carbocycles. The van der Waals surface area contributed by atoms with E-state index in [2.05, 4.69) is 0 Å². The molecule has 9 nitrogen and oxygen atoms in total. The van der Waals surface area contributed by atoms with Gasteiger partial charge in [0.1, 0.15) is 20.7 Å². The van der Waals surface area contributed by atoms with Crippen LogP contribution in [0.15, 0.2) is 0 Å². The summed E-state index contributed by atoms with van der Waals surface area (Å²) in [6.07, 6.45) is 0.0406. The van der Waals surface area contributed by atoms with Gasteiger partial charge in [-0.1, -0.05) is 13.3 Å². The Kier molecular flexibility index (Phi) is 25.0. The SMILES string of the molecule is [B]B=S(=B[B])(CC(=O)C(CCC(=O)CC(CCC(=O)CP([B])C)C(=O)CP([B])C)CC(=O)CCC(CCC(=O)OC(C)(C)C)C(=O)OC(C)(C)C)B([B])[B]. The Morgan fingerprint density at radius 2 is 1.04 bits per heavy atom. The van der Waals surface area contributed by atoms with Gasteiger partial charge in [-0.05, 0) is 41.5 Å². The molecule has 54 heavy (non-hydrogen) atoms. The van der Waals surface area contributed by atoms with Crippen LogP contribution in [-0.2, 0) is 43.0 Å². The first-order valence-electron chi connectivity index (χ1n) is 18.1. The van der Waals surface area contributed by atoms with Crippen LogP contribution in [0.3, 0.4) is 0 Å². The van der Waals surface area contributed by atoms with Gasteiger partial charge in [0.15, 0.2) is 0 Å². The van der Waals surface area contributed by atoms with E-state index in [-0.39, 0.29) is 105 Å². The number of ether oxygens (including phenoxy) is 2. The molecule has 5 atom stereocenters. The van der Waals surface area contributed by atoms with Gasteiger partial charge in [-0.2, -0.15) is 7.80 Å². The van der Waals surface area contributed by atoms with E-state index >= 15 is 0 Å². The van der Waals surface area contributed by atoms with Gasteiger partial charge < -0.3 is 4.74 Å². The summed E-state index contributed by atoms with van der Waals surface area (Å²) in [4.78, 5) is 91.6. The first-order valence-corrected chi connectivity index (χ1v) is 24.2. The van der Waals surface area contributed by atoms with Gasteiger partial charge in [0, 0.05) is 6.16 Å². The van der Waals surface area contributed by atoms with Crippen molar-refractivity contribution < 1.29 is 43.0 Å². The summed E-state index contributed by atoms with van der Waals surface area (Å²) >= 11 is 0. The van der Waals surface area contributed by atoms with E-state index in [4.69, 9.17) is 55.6 Å². The second-order valence-electron chi connectivity index (χ2n) is 15.9. The van der Waals surface area contributed by atoms with Crippen molar-refractivity contribution in [3.63, 3.8) is 0 Å². The molecule has 0 bridgehead atoms. The van der Waals surface area contributed by atoms with Crippen molar-refractivity contribution in [1.29, 1.82) is 0 Å². The topological polar surface area (TPSA) is 138 Å². The fourth-order valence-electron chi connectivity index (χ4n) is 5.48. The monoisotopic (exact) mass is 786 g/mol. The van der Waals surface area contributed by atoms with Gasteiger partial charge in [0.05, 0.1) is 0 Å². The second-order valence-corrected chi connectivity index (χ2v) is 22.8. The molecule has 0 aromatic rings.